The van der Waals surface area contributed by atoms with Crippen molar-refractivity contribution < 1.29 is 22.7 Å². The summed E-state index contributed by atoms with van der Waals surface area (Å²) in [5, 5.41) is -0.0102. The minimum Gasteiger partial charge on any atom is -0.496 e. The molecule has 0 saturated carbocycles. The molecule has 0 aromatic heterocycles. The number of halogens is 3. The van der Waals surface area contributed by atoms with E-state index in [1.54, 1.807) is 12.2 Å². The molecule has 0 aliphatic heterocycles. The molecular formula is C13H13F3O2S. The summed E-state index contributed by atoms with van der Waals surface area (Å²) in [5.74, 6) is 0.623. The van der Waals surface area contributed by atoms with E-state index in [9.17, 15) is 18.0 Å². The van der Waals surface area contributed by atoms with E-state index in [1.807, 2.05) is 0 Å². The lowest BCUT2D eigenvalue weighted by molar-refractivity contribution is -0.137. The summed E-state index contributed by atoms with van der Waals surface area (Å²) in [4.78, 5) is 10.7. The average Bonchev–Trinajstić information content (AvgIpc) is 2.33. The van der Waals surface area contributed by atoms with E-state index in [0.717, 1.165) is 23.9 Å². The van der Waals surface area contributed by atoms with E-state index in [0.29, 0.717) is 11.3 Å². The third-order valence-electron chi connectivity index (χ3n) is 2.24. The zero-order chi connectivity index (χ0) is 14.5. The summed E-state index contributed by atoms with van der Waals surface area (Å²) in [6, 6.07) is 3.30. The van der Waals surface area contributed by atoms with Crippen LogP contribution in [0.2, 0.25) is 0 Å². The van der Waals surface area contributed by atoms with Gasteiger partial charge in [0.1, 0.15) is 5.75 Å². The Morgan fingerprint density at radius 3 is 2.63 bits per heavy atom. The fourth-order valence-corrected chi connectivity index (χ4v) is 1.79. The fraction of sp³-hybridized carbons (Fsp3) is 0.308. The van der Waals surface area contributed by atoms with E-state index >= 15 is 0 Å². The first-order valence-electron chi connectivity index (χ1n) is 5.39. The lowest BCUT2D eigenvalue weighted by atomic mass is 10.1. The predicted octanol–water partition coefficient (Wildman–Crippen LogP) is 4.01. The van der Waals surface area contributed by atoms with Crippen molar-refractivity contribution in [3.05, 3.63) is 35.4 Å². The van der Waals surface area contributed by atoms with Gasteiger partial charge >= 0.3 is 6.18 Å². The smallest absolute Gasteiger partial charge is 0.416 e. The van der Waals surface area contributed by atoms with Gasteiger partial charge in [-0.2, -0.15) is 13.2 Å². The van der Waals surface area contributed by atoms with Crippen LogP contribution in [0.25, 0.3) is 6.08 Å². The molecule has 0 N–H and O–H groups in total. The number of carbonyl (C=O) groups excluding carboxylic acids is 1. The first-order valence-corrected chi connectivity index (χ1v) is 6.38. The van der Waals surface area contributed by atoms with Crippen LogP contribution >= 0.6 is 11.8 Å². The van der Waals surface area contributed by atoms with Crippen molar-refractivity contribution in [1.82, 2.24) is 0 Å². The Morgan fingerprint density at radius 2 is 2.11 bits per heavy atom. The number of rotatable bonds is 4. The van der Waals surface area contributed by atoms with E-state index in [-0.39, 0.29) is 10.9 Å². The summed E-state index contributed by atoms with van der Waals surface area (Å²) < 4.78 is 42.5. The van der Waals surface area contributed by atoms with E-state index < -0.39 is 11.7 Å². The van der Waals surface area contributed by atoms with Gasteiger partial charge in [0.25, 0.3) is 0 Å². The Bertz CT molecular complexity index is 481. The van der Waals surface area contributed by atoms with Crippen molar-refractivity contribution in [3.8, 4) is 5.75 Å². The summed E-state index contributed by atoms with van der Waals surface area (Å²) in [5.41, 5.74) is -0.209. The Kier molecular flexibility index (Phi) is 5.47. The van der Waals surface area contributed by atoms with Gasteiger partial charge in [-0.15, -0.1) is 0 Å². The molecule has 0 radical (unpaired) electrons. The minimum atomic E-state index is -4.39. The van der Waals surface area contributed by atoms with E-state index in [1.165, 1.54) is 20.1 Å². The molecule has 0 heterocycles. The lowest BCUT2D eigenvalue weighted by Crippen LogP contribution is -2.05. The summed E-state index contributed by atoms with van der Waals surface area (Å²) in [7, 11) is 1.32. The monoisotopic (exact) mass is 290 g/mol. The zero-order valence-electron chi connectivity index (χ0n) is 10.5. The maximum atomic E-state index is 12.5. The highest BCUT2D eigenvalue weighted by Gasteiger charge is 2.31. The van der Waals surface area contributed by atoms with Gasteiger partial charge < -0.3 is 4.74 Å². The maximum absolute atomic E-state index is 12.5. The molecule has 0 aliphatic carbocycles. The molecule has 0 saturated heterocycles. The van der Waals surface area contributed by atoms with Gasteiger partial charge in [0, 0.05) is 18.2 Å². The third kappa shape index (κ3) is 4.98. The summed E-state index contributed by atoms with van der Waals surface area (Å²) in [6.07, 6.45) is -1.05. The van der Waals surface area contributed by atoms with Gasteiger partial charge in [-0.05, 0) is 12.1 Å². The van der Waals surface area contributed by atoms with Crippen LogP contribution in [0, 0.1) is 0 Å². The normalized spacial score (nSPS) is 11.8. The summed E-state index contributed by atoms with van der Waals surface area (Å²) >= 11 is 1.12. The second-order valence-corrected chi connectivity index (χ2v) is 4.86. The Morgan fingerprint density at radius 1 is 1.42 bits per heavy atom. The van der Waals surface area contributed by atoms with Crippen LogP contribution in [0.1, 0.15) is 18.1 Å². The molecule has 1 aromatic carbocycles. The molecule has 2 nitrogen and oxygen atoms in total. The van der Waals surface area contributed by atoms with Crippen molar-refractivity contribution in [2.45, 2.75) is 13.1 Å². The highest BCUT2D eigenvalue weighted by molar-refractivity contribution is 8.13. The highest BCUT2D eigenvalue weighted by atomic mass is 32.2. The molecule has 0 amide bonds. The number of benzene rings is 1. The molecule has 19 heavy (non-hydrogen) atoms. The Hall–Kier alpha value is -1.43. The van der Waals surface area contributed by atoms with Gasteiger partial charge in [0.05, 0.1) is 12.7 Å². The molecule has 0 bridgehead atoms. The number of hydrogen-bond acceptors (Lipinski definition) is 3. The lowest BCUT2D eigenvalue weighted by Gasteiger charge is -2.10. The molecule has 6 heteroatoms. The molecule has 0 unspecified atom stereocenters. The van der Waals surface area contributed by atoms with Gasteiger partial charge in [0.2, 0.25) is 0 Å². The maximum Gasteiger partial charge on any atom is 0.416 e. The number of thioether (sulfide) groups is 1. The summed E-state index contributed by atoms with van der Waals surface area (Å²) in [6.45, 7) is 1.46. The zero-order valence-corrected chi connectivity index (χ0v) is 11.3. The number of ether oxygens (including phenoxy) is 1. The van der Waals surface area contributed by atoms with Crippen LogP contribution in [-0.4, -0.2) is 18.0 Å². The van der Waals surface area contributed by atoms with Gasteiger partial charge in [-0.1, -0.05) is 30.0 Å². The fourth-order valence-electron chi connectivity index (χ4n) is 1.37. The first kappa shape index (κ1) is 15.6. The van der Waals surface area contributed by atoms with Crippen LogP contribution in [0.4, 0.5) is 13.2 Å². The van der Waals surface area contributed by atoms with Crippen molar-refractivity contribution in [2.24, 2.45) is 0 Å². The molecule has 0 aliphatic rings. The van der Waals surface area contributed by atoms with Crippen LogP contribution in [0.3, 0.4) is 0 Å². The molecule has 1 rings (SSSR count). The van der Waals surface area contributed by atoms with Crippen LogP contribution in [0.5, 0.6) is 5.75 Å². The van der Waals surface area contributed by atoms with E-state index in [2.05, 4.69) is 0 Å². The second-order valence-electron chi connectivity index (χ2n) is 3.66. The minimum absolute atomic E-state index is 0.0102. The number of hydrogen-bond donors (Lipinski definition) is 0. The number of carbonyl (C=O) groups is 1. The Balaban J connectivity index is 2.87. The van der Waals surface area contributed by atoms with E-state index in [4.69, 9.17) is 4.74 Å². The second kappa shape index (κ2) is 6.65. The van der Waals surface area contributed by atoms with Crippen molar-refractivity contribution in [2.75, 3.05) is 12.9 Å². The standard InChI is InChI=1S/C13H13F3O2S/c1-9(17)19-7-3-4-10-5-6-11(13(14,15)16)8-12(10)18-2/h3-6,8H,7H2,1-2H3. The van der Waals surface area contributed by atoms with Crippen LogP contribution in [0.15, 0.2) is 24.3 Å². The van der Waals surface area contributed by atoms with Crippen LogP contribution in [-0.2, 0) is 11.0 Å². The largest absolute Gasteiger partial charge is 0.496 e. The molecule has 104 valence electrons. The van der Waals surface area contributed by atoms with Crippen molar-refractivity contribution in [3.63, 3.8) is 0 Å². The number of alkyl halides is 3. The topological polar surface area (TPSA) is 26.3 Å². The van der Waals surface area contributed by atoms with Crippen LogP contribution < -0.4 is 4.74 Å². The molecule has 1 aromatic rings. The molecule has 0 fully saturated rings. The first-order chi connectivity index (χ1) is 8.84. The quantitative estimate of drug-likeness (QED) is 0.838. The highest BCUT2D eigenvalue weighted by Crippen LogP contribution is 2.33. The third-order valence-corrected chi connectivity index (χ3v) is 3.01. The van der Waals surface area contributed by atoms with Gasteiger partial charge in [-0.3, -0.25) is 4.79 Å². The predicted molar refractivity (Wildman–Crippen MR) is 70.2 cm³/mol. The molecule has 0 atom stereocenters. The molecular weight excluding hydrogens is 277 g/mol. The average molecular weight is 290 g/mol. The Labute approximate surface area is 113 Å². The SMILES string of the molecule is COc1cc(C(F)(F)F)ccc1C=CCSC(C)=O. The molecule has 0 spiro atoms. The van der Waals surface area contributed by atoms with Crippen molar-refractivity contribution >= 4 is 23.0 Å². The van der Waals surface area contributed by atoms with Crippen molar-refractivity contribution in [1.29, 1.82) is 0 Å². The number of methoxy groups -OCH3 is 1. The van der Waals surface area contributed by atoms with Gasteiger partial charge in [-0.25, -0.2) is 0 Å². The van der Waals surface area contributed by atoms with Gasteiger partial charge in [0.15, 0.2) is 5.12 Å².